The fraction of sp³-hybridized carbons (Fsp3) is 0.125. The monoisotopic (exact) mass is 282 g/mol. The average molecular weight is 282 g/mol. The van der Waals surface area contributed by atoms with Crippen molar-refractivity contribution in [2.45, 2.75) is 13.5 Å². The summed E-state index contributed by atoms with van der Waals surface area (Å²) < 4.78 is 0. The lowest BCUT2D eigenvalue weighted by molar-refractivity contribution is 0.1000. The standard InChI is InChI=1S/C16H18N4O/c1-11-5-7-14(8-6-11)20-16(18)19-10-12-3-2-4-13(9-12)15(17)21/h2-9H,10H2,1H3,(H2,17,21)(H3,18,19,20). The summed E-state index contributed by atoms with van der Waals surface area (Å²) >= 11 is 0. The first kappa shape index (κ1) is 14.6. The molecule has 0 fully saturated rings. The quantitative estimate of drug-likeness (QED) is 0.591. The van der Waals surface area contributed by atoms with E-state index >= 15 is 0 Å². The predicted octanol–water partition coefficient (Wildman–Crippen LogP) is 2.02. The predicted molar refractivity (Wildman–Crippen MR) is 85.1 cm³/mol. The van der Waals surface area contributed by atoms with Crippen molar-refractivity contribution in [2.75, 3.05) is 5.32 Å². The number of nitrogens with two attached hydrogens (primary N) is 2. The highest BCUT2D eigenvalue weighted by Crippen LogP contribution is 2.09. The van der Waals surface area contributed by atoms with Gasteiger partial charge in [-0.1, -0.05) is 29.8 Å². The minimum absolute atomic E-state index is 0.323. The highest BCUT2D eigenvalue weighted by Gasteiger charge is 2.01. The van der Waals surface area contributed by atoms with E-state index in [9.17, 15) is 4.79 Å². The summed E-state index contributed by atoms with van der Waals surface area (Å²) in [5.74, 6) is -0.130. The number of aryl methyl sites for hydroxylation is 1. The first-order valence-corrected chi connectivity index (χ1v) is 6.57. The average Bonchev–Trinajstić information content (AvgIpc) is 2.48. The summed E-state index contributed by atoms with van der Waals surface area (Å²) in [6.07, 6.45) is 0. The summed E-state index contributed by atoms with van der Waals surface area (Å²) in [5.41, 5.74) is 14.5. The Labute approximate surface area is 123 Å². The van der Waals surface area contributed by atoms with Crippen LogP contribution in [0.3, 0.4) is 0 Å². The number of primary amides is 1. The minimum Gasteiger partial charge on any atom is -0.370 e. The van der Waals surface area contributed by atoms with Crippen LogP contribution < -0.4 is 16.8 Å². The fourth-order valence-corrected chi connectivity index (χ4v) is 1.82. The van der Waals surface area contributed by atoms with Gasteiger partial charge < -0.3 is 16.8 Å². The number of rotatable bonds is 4. The molecule has 2 rings (SSSR count). The SMILES string of the molecule is Cc1ccc(NC(N)=NCc2cccc(C(N)=O)c2)cc1. The molecular weight excluding hydrogens is 264 g/mol. The number of carbonyl (C=O) groups is 1. The molecule has 0 bridgehead atoms. The van der Waals surface area contributed by atoms with Crippen LogP contribution in [0.1, 0.15) is 21.5 Å². The van der Waals surface area contributed by atoms with Gasteiger partial charge >= 0.3 is 0 Å². The minimum atomic E-state index is -0.452. The maximum Gasteiger partial charge on any atom is 0.248 e. The van der Waals surface area contributed by atoms with E-state index in [1.807, 2.05) is 37.3 Å². The van der Waals surface area contributed by atoms with Gasteiger partial charge in [-0.15, -0.1) is 0 Å². The summed E-state index contributed by atoms with van der Waals surface area (Å²) in [6.45, 7) is 2.40. The van der Waals surface area contributed by atoms with Crippen molar-refractivity contribution in [1.82, 2.24) is 0 Å². The number of nitrogens with one attached hydrogen (secondary N) is 1. The van der Waals surface area contributed by atoms with Crippen LogP contribution in [-0.4, -0.2) is 11.9 Å². The number of hydrogen-bond acceptors (Lipinski definition) is 2. The third-order valence-corrected chi connectivity index (χ3v) is 2.97. The molecule has 5 N–H and O–H groups in total. The second kappa shape index (κ2) is 6.56. The maximum absolute atomic E-state index is 11.1. The highest BCUT2D eigenvalue weighted by atomic mass is 16.1. The number of hydrogen-bond donors (Lipinski definition) is 3. The molecular formula is C16H18N4O. The molecule has 0 aliphatic carbocycles. The van der Waals surface area contributed by atoms with Gasteiger partial charge in [-0.3, -0.25) is 4.79 Å². The molecule has 2 aromatic carbocycles. The van der Waals surface area contributed by atoms with Crippen molar-refractivity contribution in [1.29, 1.82) is 0 Å². The van der Waals surface area contributed by atoms with Gasteiger partial charge in [0.05, 0.1) is 6.54 Å². The Bertz CT molecular complexity index is 662. The molecule has 0 unspecified atom stereocenters. The van der Waals surface area contributed by atoms with E-state index in [-0.39, 0.29) is 0 Å². The summed E-state index contributed by atoms with van der Waals surface area (Å²) in [4.78, 5) is 15.4. The van der Waals surface area contributed by atoms with E-state index < -0.39 is 5.91 Å². The lowest BCUT2D eigenvalue weighted by Crippen LogP contribution is -2.22. The number of benzene rings is 2. The zero-order valence-electron chi connectivity index (χ0n) is 11.8. The first-order valence-electron chi connectivity index (χ1n) is 6.57. The highest BCUT2D eigenvalue weighted by molar-refractivity contribution is 5.93. The van der Waals surface area contributed by atoms with E-state index in [4.69, 9.17) is 11.5 Å². The molecule has 0 aliphatic rings. The Morgan fingerprint density at radius 2 is 1.86 bits per heavy atom. The molecule has 0 heterocycles. The first-order chi connectivity index (χ1) is 10.0. The topological polar surface area (TPSA) is 93.5 Å². The number of aliphatic imine (C=N–C) groups is 1. The van der Waals surface area contributed by atoms with Gasteiger partial charge in [0.25, 0.3) is 0 Å². The van der Waals surface area contributed by atoms with E-state index in [1.165, 1.54) is 5.56 Å². The number of nitrogens with zero attached hydrogens (tertiary/aromatic N) is 1. The van der Waals surface area contributed by atoms with Crippen molar-refractivity contribution in [2.24, 2.45) is 16.5 Å². The molecule has 108 valence electrons. The fourth-order valence-electron chi connectivity index (χ4n) is 1.82. The van der Waals surface area contributed by atoms with Gasteiger partial charge in [0.2, 0.25) is 5.91 Å². The zero-order valence-corrected chi connectivity index (χ0v) is 11.8. The van der Waals surface area contributed by atoms with Gasteiger partial charge in [-0.25, -0.2) is 4.99 Å². The van der Waals surface area contributed by atoms with Crippen molar-refractivity contribution >= 4 is 17.6 Å². The molecule has 5 heteroatoms. The largest absolute Gasteiger partial charge is 0.370 e. The normalized spacial score (nSPS) is 11.2. The molecule has 2 aromatic rings. The summed E-state index contributed by atoms with van der Waals surface area (Å²) in [7, 11) is 0. The Morgan fingerprint density at radius 3 is 2.52 bits per heavy atom. The van der Waals surface area contributed by atoms with Crippen LogP contribution in [0.15, 0.2) is 53.5 Å². The molecule has 0 aliphatic heterocycles. The Balaban J connectivity index is 2.01. The van der Waals surface area contributed by atoms with Crippen molar-refractivity contribution in [3.63, 3.8) is 0 Å². The van der Waals surface area contributed by atoms with Crippen molar-refractivity contribution < 1.29 is 4.79 Å². The second-order valence-corrected chi connectivity index (χ2v) is 4.76. The lowest BCUT2D eigenvalue weighted by atomic mass is 10.1. The molecule has 1 amide bonds. The number of anilines is 1. The molecule has 0 aromatic heterocycles. The van der Waals surface area contributed by atoms with E-state index in [0.717, 1.165) is 11.3 Å². The Morgan fingerprint density at radius 1 is 1.14 bits per heavy atom. The Hall–Kier alpha value is -2.82. The molecule has 0 saturated carbocycles. The van der Waals surface area contributed by atoms with Crippen molar-refractivity contribution in [3.8, 4) is 0 Å². The number of amides is 1. The Kier molecular flexibility index (Phi) is 4.56. The molecule has 0 spiro atoms. The van der Waals surface area contributed by atoms with E-state index in [2.05, 4.69) is 10.3 Å². The van der Waals surface area contributed by atoms with Crippen LogP contribution in [0, 0.1) is 6.92 Å². The van der Waals surface area contributed by atoms with Gasteiger partial charge in [-0.05, 0) is 36.8 Å². The molecule has 0 atom stereocenters. The smallest absolute Gasteiger partial charge is 0.248 e. The maximum atomic E-state index is 11.1. The van der Waals surface area contributed by atoms with Crippen LogP contribution in [0.5, 0.6) is 0 Å². The second-order valence-electron chi connectivity index (χ2n) is 4.76. The molecule has 0 saturated heterocycles. The zero-order chi connectivity index (χ0) is 15.2. The van der Waals surface area contributed by atoms with E-state index in [0.29, 0.717) is 18.1 Å². The van der Waals surface area contributed by atoms with Crippen LogP contribution in [-0.2, 0) is 6.54 Å². The lowest BCUT2D eigenvalue weighted by Gasteiger charge is -2.06. The molecule has 21 heavy (non-hydrogen) atoms. The van der Waals surface area contributed by atoms with Crippen LogP contribution in [0.4, 0.5) is 5.69 Å². The van der Waals surface area contributed by atoms with E-state index in [1.54, 1.807) is 18.2 Å². The van der Waals surface area contributed by atoms with Gasteiger partial charge in [0.1, 0.15) is 0 Å². The number of guanidine groups is 1. The van der Waals surface area contributed by atoms with Crippen LogP contribution in [0.25, 0.3) is 0 Å². The van der Waals surface area contributed by atoms with Gasteiger partial charge in [0, 0.05) is 11.3 Å². The number of carbonyl (C=O) groups excluding carboxylic acids is 1. The van der Waals surface area contributed by atoms with Gasteiger partial charge in [0.15, 0.2) is 5.96 Å². The molecule has 5 nitrogen and oxygen atoms in total. The summed E-state index contributed by atoms with van der Waals surface area (Å²) in [6, 6.07) is 14.9. The van der Waals surface area contributed by atoms with Crippen molar-refractivity contribution in [3.05, 3.63) is 65.2 Å². The molecule has 0 radical (unpaired) electrons. The van der Waals surface area contributed by atoms with Crippen LogP contribution >= 0.6 is 0 Å². The third-order valence-electron chi connectivity index (χ3n) is 2.97. The third kappa shape index (κ3) is 4.35. The van der Waals surface area contributed by atoms with Crippen LogP contribution in [0.2, 0.25) is 0 Å². The summed E-state index contributed by atoms with van der Waals surface area (Å²) in [5, 5.41) is 3.01. The van der Waals surface area contributed by atoms with Gasteiger partial charge in [-0.2, -0.15) is 0 Å².